The third-order valence-electron chi connectivity index (χ3n) is 3.17. The second-order valence-electron chi connectivity index (χ2n) is 4.31. The molecule has 2 rings (SSSR count). The fraction of sp³-hybridized carbons (Fsp3) is 0.462. The van der Waals surface area contributed by atoms with Crippen LogP contribution in [0.15, 0.2) is 24.3 Å². The zero-order valence-corrected chi connectivity index (χ0v) is 10.8. The summed E-state index contributed by atoms with van der Waals surface area (Å²) in [5, 5.41) is 1.92. The van der Waals surface area contributed by atoms with E-state index in [9.17, 15) is 4.79 Å². The molecule has 0 saturated carbocycles. The van der Waals surface area contributed by atoms with Crippen molar-refractivity contribution in [2.75, 3.05) is 33.8 Å². The van der Waals surface area contributed by atoms with E-state index in [0.29, 0.717) is 13.1 Å². The average Bonchev–Trinajstić information content (AvgIpc) is 2.42. The van der Waals surface area contributed by atoms with Gasteiger partial charge in [0, 0.05) is 19.6 Å². The lowest BCUT2D eigenvalue weighted by Crippen LogP contribution is -2.53. The van der Waals surface area contributed by atoms with Crippen LogP contribution in [0.1, 0.15) is 5.56 Å². The van der Waals surface area contributed by atoms with E-state index in [-0.39, 0.29) is 5.91 Å². The summed E-state index contributed by atoms with van der Waals surface area (Å²) in [6.45, 7) is 2.72. The molecule has 0 spiro atoms. The summed E-state index contributed by atoms with van der Waals surface area (Å²) in [5.74, 6) is 0.997. The van der Waals surface area contributed by atoms with E-state index < -0.39 is 0 Å². The van der Waals surface area contributed by atoms with Gasteiger partial charge in [-0.2, -0.15) is 0 Å². The number of methoxy groups -OCH3 is 1. The minimum Gasteiger partial charge on any atom is -0.497 e. The first-order valence-electron chi connectivity index (χ1n) is 6.06. The average molecular weight is 249 g/mol. The highest BCUT2D eigenvalue weighted by atomic mass is 16.5. The number of hydrazine groups is 1. The van der Waals surface area contributed by atoms with Crippen LogP contribution in [0, 0.1) is 0 Å². The predicted molar refractivity (Wildman–Crippen MR) is 69.0 cm³/mol. The Labute approximate surface area is 107 Å². The number of rotatable bonds is 4. The molecule has 1 heterocycles. The van der Waals surface area contributed by atoms with Crippen molar-refractivity contribution in [3.63, 3.8) is 0 Å². The van der Waals surface area contributed by atoms with Crippen molar-refractivity contribution in [3.8, 4) is 5.75 Å². The molecule has 0 bridgehead atoms. The molecule has 0 radical (unpaired) electrons. The van der Waals surface area contributed by atoms with Crippen molar-refractivity contribution in [1.29, 1.82) is 0 Å². The molecule has 0 unspecified atom stereocenters. The monoisotopic (exact) mass is 249 g/mol. The number of piperazine rings is 1. The highest BCUT2D eigenvalue weighted by Gasteiger charge is 2.22. The van der Waals surface area contributed by atoms with Gasteiger partial charge in [-0.1, -0.05) is 12.1 Å². The van der Waals surface area contributed by atoms with Crippen LogP contribution in [0.25, 0.3) is 0 Å². The van der Waals surface area contributed by atoms with E-state index >= 15 is 0 Å². The molecule has 1 aliphatic rings. The van der Waals surface area contributed by atoms with Crippen LogP contribution in [-0.2, 0) is 11.3 Å². The number of hydrogen-bond acceptors (Lipinski definition) is 4. The lowest BCUT2D eigenvalue weighted by Gasteiger charge is -2.33. The molecule has 98 valence electrons. The molecule has 0 atom stereocenters. The molecule has 0 aliphatic carbocycles. The Morgan fingerprint density at radius 1 is 1.28 bits per heavy atom. The van der Waals surface area contributed by atoms with Crippen LogP contribution < -0.4 is 10.2 Å². The van der Waals surface area contributed by atoms with E-state index in [0.717, 1.165) is 24.4 Å². The molecule has 1 amide bonds. The third kappa shape index (κ3) is 3.00. The number of carbonyl (C=O) groups is 1. The van der Waals surface area contributed by atoms with Crippen molar-refractivity contribution in [1.82, 2.24) is 15.3 Å². The van der Waals surface area contributed by atoms with Gasteiger partial charge in [0.15, 0.2) is 0 Å². The first kappa shape index (κ1) is 12.9. The summed E-state index contributed by atoms with van der Waals surface area (Å²) >= 11 is 0. The van der Waals surface area contributed by atoms with Crippen molar-refractivity contribution in [3.05, 3.63) is 29.8 Å². The molecule has 0 aromatic heterocycles. The number of hydrogen-bond donors (Lipinski definition) is 1. The topological polar surface area (TPSA) is 44.8 Å². The minimum absolute atomic E-state index is 0.159. The van der Waals surface area contributed by atoms with E-state index in [4.69, 9.17) is 4.74 Å². The molecule has 1 aromatic rings. The second-order valence-corrected chi connectivity index (χ2v) is 4.31. The summed E-state index contributed by atoms with van der Waals surface area (Å²) in [6.07, 6.45) is 0. The first-order valence-corrected chi connectivity index (χ1v) is 6.06. The summed E-state index contributed by atoms with van der Waals surface area (Å²) in [7, 11) is 3.49. The van der Waals surface area contributed by atoms with Gasteiger partial charge in [-0.05, 0) is 24.7 Å². The summed E-state index contributed by atoms with van der Waals surface area (Å²) < 4.78 is 5.11. The highest BCUT2D eigenvalue weighted by Crippen LogP contribution is 2.14. The maximum atomic E-state index is 11.9. The first-order chi connectivity index (χ1) is 8.72. The molecule has 1 aromatic carbocycles. The number of nitrogens with zero attached hydrogens (tertiary/aromatic N) is 2. The molecule has 1 aliphatic heterocycles. The Bertz CT molecular complexity index is 405. The van der Waals surface area contributed by atoms with Gasteiger partial charge >= 0.3 is 0 Å². The van der Waals surface area contributed by atoms with Gasteiger partial charge < -0.3 is 9.64 Å². The van der Waals surface area contributed by atoms with Gasteiger partial charge in [-0.15, -0.1) is 0 Å². The molecule has 1 N–H and O–H groups in total. The van der Waals surface area contributed by atoms with Gasteiger partial charge in [-0.25, -0.2) is 5.01 Å². The molecular weight excluding hydrogens is 230 g/mol. The molecule has 5 nitrogen and oxygen atoms in total. The molecule has 1 fully saturated rings. The number of carbonyl (C=O) groups excluding carboxylic acids is 1. The van der Waals surface area contributed by atoms with Crippen molar-refractivity contribution in [2.45, 2.75) is 6.54 Å². The second kappa shape index (κ2) is 5.84. The van der Waals surface area contributed by atoms with E-state index in [1.54, 1.807) is 7.11 Å². The summed E-state index contributed by atoms with van der Waals surface area (Å²) in [6, 6.07) is 7.83. The van der Waals surface area contributed by atoms with Gasteiger partial charge in [0.1, 0.15) is 5.75 Å². The van der Waals surface area contributed by atoms with E-state index in [1.165, 1.54) is 0 Å². The highest BCUT2D eigenvalue weighted by molar-refractivity contribution is 5.78. The number of nitrogens with one attached hydrogen (secondary N) is 1. The number of ether oxygens (including phenoxy) is 1. The zero-order chi connectivity index (χ0) is 13.0. The predicted octanol–water partition coefficient (Wildman–Crippen LogP) is 0.474. The van der Waals surface area contributed by atoms with Gasteiger partial charge in [-0.3, -0.25) is 10.2 Å². The third-order valence-corrected chi connectivity index (χ3v) is 3.17. The molecular formula is C13H19N3O2. The van der Waals surface area contributed by atoms with Gasteiger partial charge in [0.25, 0.3) is 0 Å². The van der Waals surface area contributed by atoms with E-state index in [1.807, 2.05) is 41.2 Å². The zero-order valence-electron chi connectivity index (χ0n) is 10.8. The van der Waals surface area contributed by atoms with Crippen molar-refractivity contribution >= 4 is 5.91 Å². The Morgan fingerprint density at radius 2 is 2.00 bits per heavy atom. The van der Waals surface area contributed by atoms with Crippen LogP contribution in [0.5, 0.6) is 5.75 Å². The maximum Gasteiger partial charge on any atom is 0.238 e. The van der Waals surface area contributed by atoms with Crippen LogP contribution in [0.2, 0.25) is 0 Å². The van der Waals surface area contributed by atoms with Crippen LogP contribution >= 0.6 is 0 Å². The number of amides is 1. The SMILES string of the molecule is CNN1CCN(Cc2ccc(OC)cc2)C(=O)C1. The Balaban J connectivity index is 1.94. The Morgan fingerprint density at radius 3 is 2.56 bits per heavy atom. The maximum absolute atomic E-state index is 11.9. The normalized spacial score (nSPS) is 17.0. The smallest absolute Gasteiger partial charge is 0.238 e. The molecule has 18 heavy (non-hydrogen) atoms. The van der Waals surface area contributed by atoms with E-state index in [2.05, 4.69) is 5.43 Å². The van der Waals surface area contributed by atoms with Crippen molar-refractivity contribution in [2.24, 2.45) is 0 Å². The van der Waals surface area contributed by atoms with Crippen molar-refractivity contribution < 1.29 is 9.53 Å². The fourth-order valence-corrected chi connectivity index (χ4v) is 2.02. The Kier molecular flexibility index (Phi) is 4.17. The molecule has 5 heteroatoms. The lowest BCUT2D eigenvalue weighted by atomic mass is 10.2. The fourth-order valence-electron chi connectivity index (χ4n) is 2.02. The quantitative estimate of drug-likeness (QED) is 0.842. The van der Waals surface area contributed by atoms with Gasteiger partial charge in [0.2, 0.25) is 5.91 Å². The van der Waals surface area contributed by atoms with Gasteiger partial charge in [0.05, 0.1) is 13.7 Å². The lowest BCUT2D eigenvalue weighted by molar-refractivity contribution is -0.137. The number of benzene rings is 1. The summed E-state index contributed by atoms with van der Waals surface area (Å²) in [4.78, 5) is 13.8. The summed E-state index contributed by atoms with van der Waals surface area (Å²) in [5.41, 5.74) is 4.13. The van der Waals surface area contributed by atoms with Crippen LogP contribution in [0.3, 0.4) is 0 Å². The minimum atomic E-state index is 0.159. The van der Waals surface area contributed by atoms with Crippen LogP contribution in [0.4, 0.5) is 0 Å². The Hall–Kier alpha value is -1.59. The molecule has 1 saturated heterocycles. The largest absolute Gasteiger partial charge is 0.497 e. The van der Waals surface area contributed by atoms with Crippen LogP contribution in [-0.4, -0.2) is 49.6 Å². The standard InChI is InChI=1S/C13H19N3O2/c1-14-16-8-7-15(13(17)10-16)9-11-3-5-12(18-2)6-4-11/h3-6,14H,7-10H2,1-2H3.